The van der Waals surface area contributed by atoms with Gasteiger partial charge in [0.05, 0.1) is 5.92 Å². The normalized spacial score (nSPS) is 26.5. The summed E-state index contributed by atoms with van der Waals surface area (Å²) in [6, 6.07) is 7.49. The predicted molar refractivity (Wildman–Crippen MR) is 124 cm³/mol. The first kappa shape index (κ1) is 22.8. The molecular formula is C26H37N3O3. The van der Waals surface area contributed by atoms with Crippen LogP contribution in [0, 0.1) is 18.8 Å². The molecule has 2 saturated carbocycles. The number of carbonyl (C=O) groups excluding carboxylic acids is 3. The average Bonchev–Trinajstić information content (AvgIpc) is 3.35. The Kier molecular flexibility index (Phi) is 7.48. The van der Waals surface area contributed by atoms with Crippen molar-refractivity contribution >= 4 is 17.7 Å². The van der Waals surface area contributed by atoms with Crippen LogP contribution in [0.15, 0.2) is 24.3 Å². The third-order valence-corrected chi connectivity index (χ3v) is 7.61. The van der Waals surface area contributed by atoms with Gasteiger partial charge >= 0.3 is 0 Å². The minimum atomic E-state index is -0.149. The van der Waals surface area contributed by atoms with E-state index in [2.05, 4.69) is 10.6 Å². The lowest BCUT2D eigenvalue weighted by Crippen LogP contribution is -2.55. The van der Waals surface area contributed by atoms with Crippen LogP contribution in [-0.2, 0) is 9.59 Å². The van der Waals surface area contributed by atoms with Gasteiger partial charge in [-0.05, 0) is 57.1 Å². The van der Waals surface area contributed by atoms with Crippen LogP contribution in [0.25, 0.3) is 0 Å². The molecule has 1 aromatic rings. The van der Waals surface area contributed by atoms with E-state index in [1.54, 1.807) is 0 Å². The highest BCUT2D eigenvalue weighted by Crippen LogP contribution is 2.29. The molecule has 0 spiro atoms. The van der Waals surface area contributed by atoms with E-state index in [0.717, 1.165) is 76.3 Å². The Bertz CT molecular complexity index is 833. The third kappa shape index (κ3) is 5.33. The number of nitrogens with one attached hydrogen (secondary N) is 2. The Morgan fingerprint density at radius 2 is 1.44 bits per heavy atom. The highest BCUT2D eigenvalue weighted by Gasteiger charge is 2.35. The molecule has 0 aromatic heterocycles. The topological polar surface area (TPSA) is 78.5 Å². The fraction of sp³-hybridized carbons (Fsp3) is 0.654. The molecule has 2 N–H and O–H groups in total. The average molecular weight is 440 g/mol. The minimum absolute atomic E-state index is 0.0379. The van der Waals surface area contributed by atoms with E-state index < -0.39 is 0 Å². The van der Waals surface area contributed by atoms with Gasteiger partial charge in [0.15, 0.2) is 0 Å². The second-order valence-electron chi connectivity index (χ2n) is 9.90. The number of likely N-dealkylation sites (tertiary alicyclic amines) is 1. The van der Waals surface area contributed by atoms with Gasteiger partial charge in [0.2, 0.25) is 11.8 Å². The second-order valence-corrected chi connectivity index (χ2v) is 9.90. The number of rotatable bonds is 5. The lowest BCUT2D eigenvalue weighted by Gasteiger charge is -2.37. The summed E-state index contributed by atoms with van der Waals surface area (Å²) in [6.45, 7) is 3.25. The van der Waals surface area contributed by atoms with Crippen LogP contribution in [0.1, 0.15) is 80.1 Å². The van der Waals surface area contributed by atoms with Crippen LogP contribution in [-0.4, -0.2) is 47.8 Å². The van der Waals surface area contributed by atoms with E-state index >= 15 is 0 Å². The predicted octanol–water partition coefficient (Wildman–Crippen LogP) is 3.58. The summed E-state index contributed by atoms with van der Waals surface area (Å²) in [7, 11) is 0. The molecule has 1 saturated heterocycles. The monoisotopic (exact) mass is 439 g/mol. The van der Waals surface area contributed by atoms with Crippen LogP contribution in [0.5, 0.6) is 0 Å². The molecule has 0 radical (unpaired) electrons. The molecule has 174 valence electrons. The number of amides is 3. The molecule has 3 aliphatic rings. The first-order chi connectivity index (χ1) is 15.5. The minimum Gasteiger partial charge on any atom is -0.351 e. The molecule has 1 unspecified atom stereocenters. The molecule has 2 aliphatic carbocycles. The summed E-state index contributed by atoms with van der Waals surface area (Å²) in [5.74, 6) is 0.234. The van der Waals surface area contributed by atoms with Crippen LogP contribution in [0.2, 0.25) is 0 Å². The van der Waals surface area contributed by atoms with Crippen molar-refractivity contribution in [2.24, 2.45) is 11.8 Å². The van der Waals surface area contributed by atoms with Crippen LogP contribution in [0.4, 0.5) is 0 Å². The lowest BCUT2D eigenvalue weighted by atomic mass is 9.88. The van der Waals surface area contributed by atoms with Crippen LogP contribution < -0.4 is 10.6 Å². The van der Waals surface area contributed by atoms with Crippen molar-refractivity contribution in [1.29, 1.82) is 0 Å². The molecule has 1 aliphatic heterocycles. The molecule has 1 heterocycles. The van der Waals surface area contributed by atoms with Gasteiger partial charge in [-0.2, -0.15) is 0 Å². The van der Waals surface area contributed by atoms with E-state index in [1.807, 2.05) is 36.1 Å². The maximum atomic E-state index is 13.1. The van der Waals surface area contributed by atoms with Gasteiger partial charge in [0.1, 0.15) is 0 Å². The first-order valence-corrected chi connectivity index (χ1v) is 12.5. The first-order valence-electron chi connectivity index (χ1n) is 12.5. The van der Waals surface area contributed by atoms with Gasteiger partial charge in [-0.3, -0.25) is 14.4 Å². The zero-order valence-corrected chi connectivity index (χ0v) is 19.3. The van der Waals surface area contributed by atoms with Gasteiger partial charge in [0, 0.05) is 36.7 Å². The number of benzene rings is 1. The Labute approximate surface area is 191 Å². The van der Waals surface area contributed by atoms with Crippen molar-refractivity contribution in [3.63, 3.8) is 0 Å². The largest absolute Gasteiger partial charge is 0.351 e. The summed E-state index contributed by atoms with van der Waals surface area (Å²) < 4.78 is 0. The molecule has 6 nitrogen and oxygen atoms in total. The van der Waals surface area contributed by atoms with E-state index in [4.69, 9.17) is 0 Å². The zero-order valence-electron chi connectivity index (χ0n) is 19.3. The van der Waals surface area contributed by atoms with E-state index in [1.165, 1.54) is 0 Å². The third-order valence-electron chi connectivity index (χ3n) is 7.61. The van der Waals surface area contributed by atoms with Crippen LogP contribution >= 0.6 is 0 Å². The molecular weight excluding hydrogens is 402 g/mol. The quantitative estimate of drug-likeness (QED) is 0.736. The summed E-state index contributed by atoms with van der Waals surface area (Å²) in [5, 5.41) is 6.43. The summed E-state index contributed by atoms with van der Waals surface area (Å²) in [4.78, 5) is 40.8. The van der Waals surface area contributed by atoms with E-state index in [0.29, 0.717) is 12.1 Å². The maximum absolute atomic E-state index is 13.1. The molecule has 4 rings (SSSR count). The van der Waals surface area contributed by atoms with Crippen molar-refractivity contribution in [1.82, 2.24) is 15.5 Å². The summed E-state index contributed by atoms with van der Waals surface area (Å²) in [6.07, 6.45) is 9.85. The highest BCUT2D eigenvalue weighted by atomic mass is 16.2. The lowest BCUT2D eigenvalue weighted by molar-refractivity contribution is -0.139. The number of aryl methyl sites for hydroxylation is 1. The van der Waals surface area contributed by atoms with Gasteiger partial charge in [0.25, 0.3) is 5.91 Å². The van der Waals surface area contributed by atoms with E-state index in [-0.39, 0.29) is 41.6 Å². The number of nitrogens with zero attached hydrogens (tertiary/aromatic N) is 1. The molecule has 0 bridgehead atoms. The van der Waals surface area contributed by atoms with E-state index in [9.17, 15) is 14.4 Å². The molecule has 6 heteroatoms. The Hall–Kier alpha value is -2.37. The summed E-state index contributed by atoms with van der Waals surface area (Å²) in [5.41, 5.74) is 1.65. The molecule has 1 aromatic carbocycles. The van der Waals surface area contributed by atoms with Crippen molar-refractivity contribution in [2.75, 3.05) is 13.1 Å². The van der Waals surface area contributed by atoms with Crippen molar-refractivity contribution < 1.29 is 14.4 Å². The number of hydrogen-bond acceptors (Lipinski definition) is 3. The smallest absolute Gasteiger partial charge is 0.251 e. The number of carbonyl (C=O) groups is 3. The molecule has 3 atom stereocenters. The van der Waals surface area contributed by atoms with Gasteiger partial charge in [-0.1, -0.05) is 43.9 Å². The zero-order chi connectivity index (χ0) is 22.5. The maximum Gasteiger partial charge on any atom is 0.251 e. The standard InChI is InChI=1S/C26H37N3O3/c1-18-9-2-5-13-21(18)25(31)28-23-15-7-6-14-22(23)27-24(30)20-12-8-16-29(17-20)26(32)19-10-3-4-11-19/h2,5,9,13,19-20,22-23H,3-4,6-8,10-12,14-17H2,1H3,(H,27,30)(H,28,31)/t20?,22-,23-/m1/s1. The Morgan fingerprint density at radius 1 is 0.812 bits per heavy atom. The Balaban J connectivity index is 1.35. The SMILES string of the molecule is Cc1ccccc1C(=O)N[C@@H]1CCCC[C@H]1NC(=O)C1CCCN(C(=O)C2CCCC2)C1. The van der Waals surface area contributed by atoms with Crippen molar-refractivity contribution in [3.05, 3.63) is 35.4 Å². The van der Waals surface area contributed by atoms with Gasteiger partial charge in [-0.25, -0.2) is 0 Å². The summed E-state index contributed by atoms with van der Waals surface area (Å²) >= 11 is 0. The number of hydrogen-bond donors (Lipinski definition) is 2. The van der Waals surface area contributed by atoms with Crippen molar-refractivity contribution in [3.8, 4) is 0 Å². The molecule has 3 amide bonds. The fourth-order valence-electron chi connectivity index (χ4n) is 5.67. The second kappa shape index (κ2) is 10.5. The van der Waals surface area contributed by atoms with Crippen molar-refractivity contribution in [2.45, 2.75) is 83.2 Å². The fourth-order valence-corrected chi connectivity index (χ4v) is 5.67. The highest BCUT2D eigenvalue weighted by molar-refractivity contribution is 5.95. The number of piperidine rings is 1. The molecule has 3 fully saturated rings. The molecule has 32 heavy (non-hydrogen) atoms. The van der Waals surface area contributed by atoms with Crippen LogP contribution in [0.3, 0.4) is 0 Å². The van der Waals surface area contributed by atoms with Gasteiger partial charge in [-0.15, -0.1) is 0 Å². The Morgan fingerprint density at radius 3 is 2.16 bits per heavy atom. The van der Waals surface area contributed by atoms with Gasteiger partial charge < -0.3 is 15.5 Å².